The second kappa shape index (κ2) is 23.8. The number of fused-ring (bicyclic) bond motifs is 4. The van der Waals surface area contributed by atoms with E-state index in [1.165, 1.54) is 5.56 Å². The van der Waals surface area contributed by atoms with Gasteiger partial charge in [0.1, 0.15) is 41.8 Å². The minimum atomic E-state index is -0.768. The number of hydrogen-bond acceptors (Lipinski definition) is 16. The summed E-state index contributed by atoms with van der Waals surface area (Å²) in [5.41, 5.74) is 14.1. The normalized spacial score (nSPS) is 19.1. The number of thiazole rings is 1. The monoisotopic (exact) mass is 1140 g/mol. The van der Waals surface area contributed by atoms with Gasteiger partial charge in [-0.25, -0.2) is 4.98 Å². The van der Waals surface area contributed by atoms with E-state index in [1.807, 2.05) is 82.0 Å². The number of aromatic nitrogens is 7. The lowest BCUT2D eigenvalue weighted by atomic mass is 9.89. The molecule has 4 atom stereocenters. The molecule has 1 aliphatic carbocycles. The van der Waals surface area contributed by atoms with E-state index in [0.717, 1.165) is 136 Å². The number of carbonyl (C=O) groups excluding carboxylic acids is 3. The number of amides is 2. The van der Waals surface area contributed by atoms with E-state index in [4.69, 9.17) is 34.4 Å². The highest BCUT2D eigenvalue weighted by Gasteiger charge is 2.42. The van der Waals surface area contributed by atoms with Crippen molar-refractivity contribution in [3.05, 3.63) is 112 Å². The molecule has 4 aromatic carbocycles. The zero-order chi connectivity index (χ0) is 57.5. The van der Waals surface area contributed by atoms with Crippen LogP contribution in [-0.2, 0) is 27.5 Å². The molecule has 432 valence electrons. The van der Waals surface area contributed by atoms with Crippen LogP contribution in [0, 0.1) is 19.8 Å². The van der Waals surface area contributed by atoms with Crippen molar-refractivity contribution in [3.8, 4) is 44.5 Å². The number of benzene rings is 4. The molecule has 0 radical (unpaired) electrons. The number of rotatable bonds is 18. The second-order valence-corrected chi connectivity index (χ2v) is 23.7. The predicted octanol–water partition coefficient (Wildman–Crippen LogP) is 9.31. The molecule has 13 rings (SSSR count). The highest BCUT2D eigenvalue weighted by atomic mass is 32.1. The van der Waals surface area contributed by atoms with Gasteiger partial charge < -0.3 is 45.1 Å². The lowest BCUT2D eigenvalue weighted by Crippen LogP contribution is -2.48. The Balaban J connectivity index is 0.00000336. The molecular weight excluding hydrogens is 1070 g/mol. The molecule has 5 aliphatic rings. The number of nitrogens with zero attached hydrogens (tertiary/aromatic N) is 8. The summed E-state index contributed by atoms with van der Waals surface area (Å²) in [6.07, 6.45) is 10.3. The average Bonchev–Trinajstić information content (AvgIpc) is 4.32. The largest absolute Gasteiger partial charge is 0.486 e. The van der Waals surface area contributed by atoms with Crippen molar-refractivity contribution in [2.45, 2.75) is 122 Å². The van der Waals surface area contributed by atoms with E-state index in [1.54, 1.807) is 27.1 Å². The van der Waals surface area contributed by atoms with Gasteiger partial charge in [-0.05, 0) is 109 Å². The minimum Gasteiger partial charge on any atom is -0.486 e. The second-order valence-electron chi connectivity index (χ2n) is 22.8. The van der Waals surface area contributed by atoms with Crippen LogP contribution >= 0.6 is 11.3 Å². The molecule has 4 saturated heterocycles. The zero-order valence-electron chi connectivity index (χ0n) is 47.9. The fourth-order valence-electron chi connectivity index (χ4n) is 12.8. The van der Waals surface area contributed by atoms with Crippen LogP contribution in [0.15, 0.2) is 78.6 Å². The van der Waals surface area contributed by atoms with Gasteiger partial charge in [-0.3, -0.25) is 24.2 Å². The van der Waals surface area contributed by atoms with Gasteiger partial charge in [0.2, 0.25) is 11.8 Å². The zero-order valence-corrected chi connectivity index (χ0v) is 48.7. The summed E-state index contributed by atoms with van der Waals surface area (Å²) in [6, 6.07) is 20.4. The van der Waals surface area contributed by atoms with Gasteiger partial charge in [-0.1, -0.05) is 56.3 Å². The summed E-state index contributed by atoms with van der Waals surface area (Å²) < 4.78 is 21.4. The summed E-state index contributed by atoms with van der Waals surface area (Å²) in [6.45, 7) is 12.0. The van der Waals surface area contributed by atoms with Crippen molar-refractivity contribution in [2.24, 2.45) is 5.92 Å². The molecule has 5 N–H and O–H groups in total. The first kappa shape index (κ1) is 55.7. The highest BCUT2D eigenvalue weighted by molar-refractivity contribution is 7.13. The molecule has 20 heteroatoms. The Kier molecular flexibility index (Phi) is 16.0. The molecule has 4 unspecified atom stereocenters. The van der Waals surface area contributed by atoms with Gasteiger partial charge in [0.15, 0.2) is 12.0 Å². The van der Waals surface area contributed by atoms with Gasteiger partial charge in [-0.2, -0.15) is 20.2 Å². The van der Waals surface area contributed by atoms with E-state index in [0.29, 0.717) is 80.0 Å². The number of ether oxygens (including phenoxy) is 3. The number of aliphatic hydroxyl groups excluding tert-OH is 1. The van der Waals surface area contributed by atoms with E-state index >= 15 is 0 Å². The molecule has 4 aromatic heterocycles. The van der Waals surface area contributed by atoms with Gasteiger partial charge in [-0.15, -0.1) is 11.3 Å². The number of nitrogens with one attached hydrogen (secondary N) is 4. The number of aromatic amines is 1. The third kappa shape index (κ3) is 10.9. The molecule has 0 spiro atoms. The Morgan fingerprint density at radius 2 is 1.76 bits per heavy atom. The van der Waals surface area contributed by atoms with Crippen LogP contribution in [0.3, 0.4) is 0 Å². The Labute approximate surface area is 486 Å². The first-order chi connectivity index (χ1) is 40.5. The van der Waals surface area contributed by atoms with Gasteiger partial charge >= 0.3 is 6.01 Å². The fourth-order valence-corrected chi connectivity index (χ4v) is 13.6. The van der Waals surface area contributed by atoms with Crippen LogP contribution in [0.2, 0.25) is 0 Å². The van der Waals surface area contributed by atoms with E-state index in [9.17, 15) is 14.4 Å². The molecule has 2 amide bonds. The van der Waals surface area contributed by atoms with Crippen LogP contribution < -0.4 is 30.3 Å². The molecule has 19 nitrogen and oxygen atoms in total. The van der Waals surface area contributed by atoms with Crippen LogP contribution in [0.5, 0.6) is 11.8 Å². The maximum Gasteiger partial charge on any atom is 0.319 e. The number of likely N-dealkylation sites (tertiary alicyclic amines) is 1. The maximum atomic E-state index is 14.7. The first-order valence-corrected chi connectivity index (χ1v) is 30.0. The van der Waals surface area contributed by atoms with Gasteiger partial charge in [0, 0.05) is 105 Å². The number of aldehydes is 1. The van der Waals surface area contributed by atoms with Gasteiger partial charge in [0.05, 0.1) is 41.0 Å². The highest BCUT2D eigenvalue weighted by Crippen LogP contribution is 2.53. The van der Waals surface area contributed by atoms with E-state index < -0.39 is 12.1 Å². The number of aryl methyl sites for hydroxylation is 2. The molecule has 8 aromatic rings. The van der Waals surface area contributed by atoms with Gasteiger partial charge in [0.25, 0.3) is 0 Å². The smallest absolute Gasteiger partial charge is 0.319 e. The van der Waals surface area contributed by atoms with Crippen LogP contribution in [0.25, 0.3) is 54.5 Å². The molecule has 5 fully saturated rings. The molecule has 8 heterocycles. The summed E-state index contributed by atoms with van der Waals surface area (Å²) in [5.74, 6) is 1.27. The number of aliphatic hydroxyl groups is 1. The van der Waals surface area contributed by atoms with Crippen molar-refractivity contribution in [1.82, 2.24) is 50.5 Å². The quantitative estimate of drug-likeness (QED) is 0.0505. The SMILES string of the molecule is CNc1cc(COc2c(-c3c(C)ccc4[nH]ncc34)c(C3CC3)cc3c(N4CC5CC4CN5)nc(OC4CCOCC4)nc23)ccc1-c1cn(C(C(=O)N2CCCC2C(=O)NCc2ccc(-c3scnc3C)cc2)C(C)C)nc1C=O.CO. The van der Waals surface area contributed by atoms with E-state index in [-0.39, 0.29) is 36.1 Å². The van der Waals surface area contributed by atoms with Crippen molar-refractivity contribution >= 4 is 62.7 Å². The lowest BCUT2D eigenvalue weighted by molar-refractivity contribution is -0.142. The molecule has 1 saturated carbocycles. The fraction of sp³-hybridized carbons (Fsp3) is 0.429. The number of anilines is 2. The maximum absolute atomic E-state index is 14.7. The average molecular weight is 1140 g/mol. The summed E-state index contributed by atoms with van der Waals surface area (Å²) >= 11 is 1.60. The molecule has 2 bridgehead atoms. The van der Waals surface area contributed by atoms with E-state index in [2.05, 4.69) is 61.2 Å². The standard InChI is InChI=1S/C62H68N12O6S.CH4O/c1-34(2)56(61(77)72-20-6-7-52(72)60(76)65-26-37-9-12-40(13-10-37)58-36(4)66-33-81-58)74-30-48(51(31-75)71-74)44-16-11-38(23-50(44)63-5)32-79-57-54(53-35(3)8-17-49-47(53)28-67-70-49)45(39-14-15-39)25-46-55(57)68-62(80-43-18-21-78-22-19-43)69-59(46)73-29-41-24-42(73)27-64-41;1-2/h8-13,16-17,23,25,28,30-31,33-34,39,41-43,52,56,63-64H,6-7,14-15,18-22,24,26-27,29,32H2,1-5H3,(H,65,76)(H,67,70);2H,1H3. The first-order valence-electron chi connectivity index (χ1n) is 29.1. The number of hydrogen-bond donors (Lipinski definition) is 5. The van der Waals surface area contributed by atoms with Crippen LogP contribution in [0.4, 0.5) is 11.5 Å². The number of H-pyrrole nitrogens is 1. The van der Waals surface area contributed by atoms with Crippen molar-refractivity contribution < 1.29 is 33.7 Å². The topological polar surface area (TPSA) is 227 Å². The Morgan fingerprint density at radius 1 is 0.952 bits per heavy atom. The Bertz CT molecular complexity index is 3700. The Morgan fingerprint density at radius 3 is 2.47 bits per heavy atom. The third-order valence-corrected chi connectivity index (χ3v) is 18.1. The van der Waals surface area contributed by atoms with Crippen molar-refractivity contribution in [1.29, 1.82) is 0 Å². The summed E-state index contributed by atoms with van der Waals surface area (Å²) in [5, 5.41) is 31.6. The number of carbonyl (C=O) groups is 3. The van der Waals surface area contributed by atoms with Crippen molar-refractivity contribution in [2.75, 3.05) is 57.2 Å². The third-order valence-electron chi connectivity index (χ3n) is 17.1. The molecule has 4 aliphatic heterocycles. The number of piperazine rings is 1. The lowest BCUT2D eigenvalue weighted by Gasteiger charge is -2.31. The molecule has 83 heavy (non-hydrogen) atoms. The van der Waals surface area contributed by atoms with Crippen LogP contribution in [0.1, 0.15) is 109 Å². The van der Waals surface area contributed by atoms with Crippen molar-refractivity contribution in [3.63, 3.8) is 0 Å². The minimum absolute atomic E-state index is 0.0737. The summed E-state index contributed by atoms with van der Waals surface area (Å²) in [7, 11) is 2.85. The Hall–Kier alpha value is -7.78. The predicted molar refractivity (Wildman–Crippen MR) is 321 cm³/mol. The molecular formula is C63H72N12O7S. The van der Waals surface area contributed by atoms with Crippen LogP contribution in [-0.4, -0.2) is 134 Å². The summed E-state index contributed by atoms with van der Waals surface area (Å²) in [4.78, 5) is 61.8.